The molecule has 1 aromatic heterocycles. The summed E-state index contributed by atoms with van der Waals surface area (Å²) >= 11 is 6.58. The SMILES string of the molecule is C=CCN1CC(=O)N2C[C@@H](c3ccccc3Cl)c3c([nH]c4ccccc34)[C@]2(C)C1=O. The highest BCUT2D eigenvalue weighted by molar-refractivity contribution is 6.31. The molecule has 3 aromatic rings. The van der Waals surface area contributed by atoms with Crippen LogP contribution >= 0.6 is 11.6 Å². The number of aromatic nitrogens is 1. The number of nitrogens with one attached hydrogen (secondary N) is 1. The molecule has 0 bridgehead atoms. The Morgan fingerprint density at radius 1 is 1.20 bits per heavy atom. The van der Waals surface area contributed by atoms with E-state index in [1.54, 1.807) is 15.9 Å². The zero-order valence-corrected chi connectivity index (χ0v) is 17.4. The summed E-state index contributed by atoms with van der Waals surface area (Å²) < 4.78 is 0. The van der Waals surface area contributed by atoms with Crippen molar-refractivity contribution in [2.75, 3.05) is 19.6 Å². The van der Waals surface area contributed by atoms with Gasteiger partial charge in [0.05, 0.1) is 5.69 Å². The number of piperazine rings is 1. The Morgan fingerprint density at radius 2 is 1.93 bits per heavy atom. The maximum absolute atomic E-state index is 13.6. The number of hydrogen-bond acceptors (Lipinski definition) is 2. The van der Waals surface area contributed by atoms with E-state index in [4.69, 9.17) is 11.6 Å². The maximum Gasteiger partial charge on any atom is 0.255 e. The van der Waals surface area contributed by atoms with Crippen LogP contribution in [-0.2, 0) is 15.1 Å². The van der Waals surface area contributed by atoms with Gasteiger partial charge in [-0.2, -0.15) is 0 Å². The van der Waals surface area contributed by atoms with E-state index < -0.39 is 5.54 Å². The molecule has 2 amide bonds. The van der Waals surface area contributed by atoms with Crippen LogP contribution in [-0.4, -0.2) is 46.2 Å². The topological polar surface area (TPSA) is 56.4 Å². The van der Waals surface area contributed by atoms with E-state index >= 15 is 0 Å². The van der Waals surface area contributed by atoms with Gasteiger partial charge in [0.25, 0.3) is 5.91 Å². The van der Waals surface area contributed by atoms with Gasteiger partial charge in [0, 0.05) is 34.9 Å². The van der Waals surface area contributed by atoms with Gasteiger partial charge in [-0.25, -0.2) is 0 Å². The molecule has 6 heteroatoms. The lowest BCUT2D eigenvalue weighted by atomic mass is 9.76. The summed E-state index contributed by atoms with van der Waals surface area (Å²) in [7, 11) is 0. The third kappa shape index (κ3) is 2.48. The number of H-pyrrole nitrogens is 1. The molecule has 2 atom stereocenters. The largest absolute Gasteiger partial charge is 0.356 e. The highest BCUT2D eigenvalue weighted by Gasteiger charge is 2.56. The van der Waals surface area contributed by atoms with Crippen molar-refractivity contribution in [1.29, 1.82) is 0 Å². The minimum atomic E-state index is -1.09. The van der Waals surface area contributed by atoms with Gasteiger partial charge >= 0.3 is 0 Å². The fraction of sp³-hybridized carbons (Fsp3) is 0.250. The molecule has 1 saturated heterocycles. The van der Waals surface area contributed by atoms with Crippen LogP contribution < -0.4 is 0 Å². The summed E-state index contributed by atoms with van der Waals surface area (Å²) in [5, 5.41) is 1.71. The molecule has 0 radical (unpaired) electrons. The molecule has 5 nitrogen and oxygen atoms in total. The Kier molecular flexibility index (Phi) is 4.26. The summed E-state index contributed by atoms with van der Waals surface area (Å²) in [6, 6.07) is 15.7. The predicted octanol–water partition coefficient (Wildman–Crippen LogP) is 4.04. The van der Waals surface area contributed by atoms with Crippen molar-refractivity contribution in [2.45, 2.75) is 18.4 Å². The zero-order valence-electron chi connectivity index (χ0n) is 16.7. The summed E-state index contributed by atoms with van der Waals surface area (Å²) in [5.74, 6) is -0.284. The minimum absolute atomic E-state index is 0.0608. The number of carbonyl (C=O) groups is 2. The number of halogens is 1. The number of amides is 2. The summed E-state index contributed by atoms with van der Waals surface area (Å²) in [6.45, 7) is 6.40. The molecule has 2 aromatic carbocycles. The van der Waals surface area contributed by atoms with Crippen molar-refractivity contribution in [1.82, 2.24) is 14.8 Å². The third-order valence-corrected chi connectivity index (χ3v) is 6.79. The van der Waals surface area contributed by atoms with E-state index in [1.807, 2.05) is 49.4 Å². The summed E-state index contributed by atoms with van der Waals surface area (Å²) in [5.41, 5.74) is 2.63. The Hall–Kier alpha value is -3.05. The van der Waals surface area contributed by atoms with Crippen molar-refractivity contribution >= 4 is 34.3 Å². The first-order valence-electron chi connectivity index (χ1n) is 10.0. The van der Waals surface area contributed by atoms with Gasteiger partial charge < -0.3 is 14.8 Å². The van der Waals surface area contributed by atoms with E-state index in [1.165, 1.54) is 0 Å². The van der Waals surface area contributed by atoms with Crippen molar-refractivity contribution in [2.24, 2.45) is 0 Å². The van der Waals surface area contributed by atoms with E-state index in [-0.39, 0.29) is 24.3 Å². The minimum Gasteiger partial charge on any atom is -0.356 e. The van der Waals surface area contributed by atoms with Gasteiger partial charge in [-0.3, -0.25) is 9.59 Å². The monoisotopic (exact) mass is 419 g/mol. The lowest BCUT2D eigenvalue weighted by molar-refractivity contribution is -0.165. The fourth-order valence-electron chi connectivity index (χ4n) is 5.02. The van der Waals surface area contributed by atoms with E-state index in [0.29, 0.717) is 18.1 Å². The van der Waals surface area contributed by atoms with Gasteiger partial charge in [0.1, 0.15) is 6.54 Å². The zero-order chi connectivity index (χ0) is 21.0. The first-order chi connectivity index (χ1) is 14.5. The normalized spacial score (nSPS) is 23.5. The Morgan fingerprint density at radius 3 is 2.70 bits per heavy atom. The first-order valence-corrected chi connectivity index (χ1v) is 10.4. The summed E-state index contributed by atoms with van der Waals surface area (Å²) in [4.78, 5) is 33.6. The van der Waals surface area contributed by atoms with Crippen molar-refractivity contribution in [3.05, 3.63) is 83.0 Å². The molecular formula is C24H22ClN3O2. The molecule has 5 rings (SSSR count). The Balaban J connectivity index is 1.79. The summed E-state index contributed by atoms with van der Waals surface area (Å²) in [6.07, 6.45) is 1.66. The van der Waals surface area contributed by atoms with Crippen LogP contribution in [0.15, 0.2) is 61.2 Å². The molecule has 2 aliphatic rings. The van der Waals surface area contributed by atoms with Crippen LogP contribution in [0.2, 0.25) is 5.02 Å². The lowest BCUT2D eigenvalue weighted by Crippen LogP contribution is -2.67. The molecule has 0 saturated carbocycles. The number of carbonyl (C=O) groups excluding carboxylic acids is 2. The quantitative estimate of drug-likeness (QED) is 0.651. The van der Waals surface area contributed by atoms with Gasteiger partial charge in [-0.1, -0.05) is 54.1 Å². The number of rotatable bonds is 3. The van der Waals surface area contributed by atoms with Gasteiger partial charge in [0.2, 0.25) is 5.91 Å². The van der Waals surface area contributed by atoms with Crippen molar-refractivity contribution in [3.63, 3.8) is 0 Å². The predicted molar refractivity (Wildman–Crippen MR) is 117 cm³/mol. The average molecular weight is 420 g/mol. The molecule has 1 fully saturated rings. The maximum atomic E-state index is 13.6. The molecule has 152 valence electrons. The average Bonchev–Trinajstić information content (AvgIpc) is 3.14. The van der Waals surface area contributed by atoms with E-state index in [0.717, 1.165) is 27.7 Å². The van der Waals surface area contributed by atoms with Crippen molar-refractivity contribution < 1.29 is 9.59 Å². The number of hydrogen-bond donors (Lipinski definition) is 1. The standard InChI is InChI=1S/C24H22ClN3O2/c1-3-12-27-14-20(29)28-13-17(15-8-4-6-10-18(15)25)21-16-9-5-7-11-19(16)26-22(21)24(28,2)23(27)30/h3-11,17,26H,1,12-14H2,2H3/t17-,24+/m0/s1. The second kappa shape index (κ2) is 6.74. The molecule has 0 unspecified atom stereocenters. The molecule has 30 heavy (non-hydrogen) atoms. The Labute approximate surface area is 179 Å². The van der Waals surface area contributed by atoms with Crippen molar-refractivity contribution in [3.8, 4) is 0 Å². The van der Waals surface area contributed by atoms with Gasteiger partial charge in [0.15, 0.2) is 5.54 Å². The molecule has 0 aliphatic carbocycles. The van der Waals surface area contributed by atoms with Crippen LogP contribution in [0.4, 0.5) is 0 Å². The number of nitrogens with zero attached hydrogens (tertiary/aromatic N) is 2. The Bertz CT molecular complexity index is 1200. The highest BCUT2D eigenvalue weighted by atomic mass is 35.5. The molecule has 1 N–H and O–H groups in total. The van der Waals surface area contributed by atoms with Crippen LogP contribution in [0.3, 0.4) is 0 Å². The third-order valence-electron chi connectivity index (χ3n) is 6.45. The number of aromatic amines is 1. The molecule has 0 spiro atoms. The van der Waals surface area contributed by atoms with Crippen LogP contribution in [0.25, 0.3) is 10.9 Å². The molecular weight excluding hydrogens is 398 g/mol. The first kappa shape index (κ1) is 18.9. The highest BCUT2D eigenvalue weighted by Crippen LogP contribution is 2.48. The van der Waals surface area contributed by atoms with Gasteiger partial charge in [-0.05, 0) is 30.2 Å². The van der Waals surface area contributed by atoms with Crippen LogP contribution in [0, 0.1) is 0 Å². The number of para-hydroxylation sites is 1. The fourth-order valence-corrected chi connectivity index (χ4v) is 5.29. The lowest BCUT2D eigenvalue weighted by Gasteiger charge is -2.51. The van der Waals surface area contributed by atoms with E-state index in [9.17, 15) is 9.59 Å². The van der Waals surface area contributed by atoms with Crippen LogP contribution in [0.1, 0.15) is 29.7 Å². The number of benzene rings is 2. The van der Waals surface area contributed by atoms with E-state index in [2.05, 4.69) is 17.6 Å². The van der Waals surface area contributed by atoms with Gasteiger partial charge in [-0.15, -0.1) is 6.58 Å². The molecule has 2 aliphatic heterocycles. The smallest absolute Gasteiger partial charge is 0.255 e. The number of fused-ring (bicyclic) bond motifs is 5. The second-order valence-electron chi connectivity index (χ2n) is 8.08. The van der Waals surface area contributed by atoms with Crippen LogP contribution in [0.5, 0.6) is 0 Å². The second-order valence-corrected chi connectivity index (χ2v) is 8.49. The molecule has 3 heterocycles.